The lowest BCUT2D eigenvalue weighted by Crippen LogP contribution is -2.08. The van der Waals surface area contributed by atoms with Crippen LogP contribution in [0.2, 0.25) is 0 Å². The molecule has 82 valence electrons. The van der Waals surface area contributed by atoms with Crippen LogP contribution in [-0.4, -0.2) is 15.3 Å². The summed E-state index contributed by atoms with van der Waals surface area (Å²) in [5, 5.41) is 0. The van der Waals surface area contributed by atoms with Crippen LogP contribution in [0.5, 0.6) is 0 Å². The molecule has 1 heterocycles. The largest absolute Gasteiger partial charge is 0.334 e. The number of hydrogen-bond donors (Lipinski definition) is 0. The minimum atomic E-state index is 0.0388. The zero-order chi connectivity index (χ0) is 10.8. The van der Waals surface area contributed by atoms with Gasteiger partial charge in [0.1, 0.15) is 5.69 Å². The first-order chi connectivity index (χ1) is 7.18. The van der Waals surface area contributed by atoms with Crippen LogP contribution in [0, 0.1) is 5.92 Å². The third kappa shape index (κ3) is 2.11. The Bertz CT molecular complexity index is 348. The van der Waals surface area contributed by atoms with Crippen LogP contribution >= 0.6 is 0 Å². The first-order valence-corrected chi connectivity index (χ1v) is 5.76. The molecule has 1 aromatic rings. The van der Waals surface area contributed by atoms with Gasteiger partial charge in [-0.3, -0.25) is 4.79 Å². The third-order valence-electron chi connectivity index (χ3n) is 3.12. The average Bonchev–Trinajstić information content (AvgIpc) is 2.86. The molecule has 0 saturated heterocycles. The third-order valence-corrected chi connectivity index (χ3v) is 3.12. The van der Waals surface area contributed by atoms with E-state index in [1.54, 1.807) is 0 Å². The molecule has 0 aromatic carbocycles. The lowest BCUT2D eigenvalue weighted by Gasteiger charge is -2.09. The number of imidazole rings is 1. The SMILES string of the molecule is CC(C)C(=O)c1cn(C2CCCC2)cn1. The van der Waals surface area contributed by atoms with E-state index in [4.69, 9.17) is 0 Å². The summed E-state index contributed by atoms with van der Waals surface area (Å²) in [6.45, 7) is 3.83. The van der Waals surface area contributed by atoms with E-state index in [0.717, 1.165) is 0 Å². The molecule has 3 heteroatoms. The molecular weight excluding hydrogens is 188 g/mol. The number of hydrogen-bond acceptors (Lipinski definition) is 2. The summed E-state index contributed by atoms with van der Waals surface area (Å²) in [4.78, 5) is 15.9. The predicted molar refractivity (Wildman–Crippen MR) is 58.9 cm³/mol. The molecule has 1 fully saturated rings. The van der Waals surface area contributed by atoms with Crippen LogP contribution in [0.1, 0.15) is 56.1 Å². The summed E-state index contributed by atoms with van der Waals surface area (Å²) >= 11 is 0. The molecular formula is C12H18N2O. The van der Waals surface area contributed by atoms with Gasteiger partial charge >= 0.3 is 0 Å². The maximum Gasteiger partial charge on any atom is 0.185 e. The van der Waals surface area contributed by atoms with E-state index in [1.165, 1.54) is 25.7 Å². The Morgan fingerprint density at radius 3 is 2.73 bits per heavy atom. The van der Waals surface area contributed by atoms with E-state index in [0.29, 0.717) is 11.7 Å². The van der Waals surface area contributed by atoms with Crippen LogP contribution in [0.15, 0.2) is 12.5 Å². The summed E-state index contributed by atoms with van der Waals surface area (Å²) in [5.41, 5.74) is 0.622. The molecule has 0 radical (unpaired) electrons. The fraction of sp³-hybridized carbons (Fsp3) is 0.667. The van der Waals surface area contributed by atoms with Crippen LogP contribution in [0.3, 0.4) is 0 Å². The van der Waals surface area contributed by atoms with E-state index >= 15 is 0 Å². The van der Waals surface area contributed by atoms with E-state index in [1.807, 2.05) is 26.4 Å². The second kappa shape index (κ2) is 4.17. The smallest absolute Gasteiger partial charge is 0.185 e. The molecule has 0 bridgehead atoms. The maximum absolute atomic E-state index is 11.7. The minimum Gasteiger partial charge on any atom is -0.334 e. The monoisotopic (exact) mass is 206 g/mol. The van der Waals surface area contributed by atoms with Crippen molar-refractivity contribution in [2.24, 2.45) is 5.92 Å². The Kier molecular flexibility index (Phi) is 2.89. The molecule has 1 saturated carbocycles. The Hall–Kier alpha value is -1.12. The molecule has 0 N–H and O–H groups in total. The van der Waals surface area contributed by atoms with Crippen molar-refractivity contribution in [1.29, 1.82) is 0 Å². The van der Waals surface area contributed by atoms with Crippen molar-refractivity contribution in [1.82, 2.24) is 9.55 Å². The first-order valence-electron chi connectivity index (χ1n) is 5.76. The molecule has 1 aliphatic carbocycles. The van der Waals surface area contributed by atoms with Crippen molar-refractivity contribution in [3.05, 3.63) is 18.2 Å². The topological polar surface area (TPSA) is 34.9 Å². The van der Waals surface area contributed by atoms with Gasteiger partial charge < -0.3 is 4.57 Å². The minimum absolute atomic E-state index is 0.0388. The van der Waals surface area contributed by atoms with Crippen molar-refractivity contribution >= 4 is 5.78 Å². The Balaban J connectivity index is 2.12. The van der Waals surface area contributed by atoms with E-state index in [2.05, 4.69) is 9.55 Å². The van der Waals surface area contributed by atoms with Crippen molar-refractivity contribution < 1.29 is 4.79 Å². The molecule has 0 atom stereocenters. The number of nitrogens with zero attached hydrogens (tertiary/aromatic N) is 2. The Morgan fingerprint density at radius 1 is 1.47 bits per heavy atom. The molecule has 15 heavy (non-hydrogen) atoms. The van der Waals surface area contributed by atoms with Crippen LogP contribution in [0.25, 0.3) is 0 Å². The van der Waals surface area contributed by atoms with Gasteiger partial charge in [0.25, 0.3) is 0 Å². The molecule has 0 spiro atoms. The zero-order valence-corrected chi connectivity index (χ0v) is 9.44. The van der Waals surface area contributed by atoms with Crippen LogP contribution in [0.4, 0.5) is 0 Å². The van der Waals surface area contributed by atoms with Crippen LogP contribution in [-0.2, 0) is 0 Å². The van der Waals surface area contributed by atoms with E-state index in [-0.39, 0.29) is 11.7 Å². The van der Waals surface area contributed by atoms with Crippen molar-refractivity contribution in [2.75, 3.05) is 0 Å². The molecule has 1 aromatic heterocycles. The summed E-state index contributed by atoms with van der Waals surface area (Å²) in [5.74, 6) is 0.184. The molecule has 2 rings (SSSR count). The summed E-state index contributed by atoms with van der Waals surface area (Å²) in [6, 6.07) is 0.575. The molecule has 0 aliphatic heterocycles. The Labute approximate surface area is 90.5 Å². The highest BCUT2D eigenvalue weighted by Crippen LogP contribution is 2.29. The fourth-order valence-corrected chi connectivity index (χ4v) is 2.16. The summed E-state index contributed by atoms with van der Waals surface area (Å²) in [7, 11) is 0. The van der Waals surface area contributed by atoms with Gasteiger partial charge in [-0.1, -0.05) is 26.7 Å². The van der Waals surface area contributed by atoms with Gasteiger partial charge in [0.05, 0.1) is 6.33 Å². The zero-order valence-electron chi connectivity index (χ0n) is 9.44. The van der Waals surface area contributed by atoms with Gasteiger partial charge in [-0.2, -0.15) is 0 Å². The van der Waals surface area contributed by atoms with E-state index in [9.17, 15) is 4.79 Å². The van der Waals surface area contributed by atoms with Crippen molar-refractivity contribution in [2.45, 2.75) is 45.6 Å². The van der Waals surface area contributed by atoms with Gasteiger partial charge in [-0.25, -0.2) is 4.98 Å². The highest BCUT2D eigenvalue weighted by Gasteiger charge is 2.19. The van der Waals surface area contributed by atoms with E-state index < -0.39 is 0 Å². The molecule has 1 aliphatic rings. The number of carbonyl (C=O) groups excluding carboxylic acids is 1. The van der Waals surface area contributed by atoms with Gasteiger partial charge in [0.15, 0.2) is 5.78 Å². The van der Waals surface area contributed by atoms with Gasteiger partial charge in [0.2, 0.25) is 0 Å². The highest BCUT2D eigenvalue weighted by atomic mass is 16.1. The highest BCUT2D eigenvalue weighted by molar-refractivity contribution is 5.95. The maximum atomic E-state index is 11.7. The molecule has 0 amide bonds. The average molecular weight is 206 g/mol. The van der Waals surface area contributed by atoms with Gasteiger partial charge in [-0.05, 0) is 12.8 Å². The lowest BCUT2D eigenvalue weighted by atomic mass is 10.1. The fourth-order valence-electron chi connectivity index (χ4n) is 2.16. The number of Topliss-reactive ketones (excluding diaryl/α,β-unsaturated/α-hetero) is 1. The predicted octanol–water partition coefficient (Wildman–Crippen LogP) is 2.84. The second-order valence-electron chi connectivity index (χ2n) is 4.66. The van der Waals surface area contributed by atoms with Crippen molar-refractivity contribution in [3.63, 3.8) is 0 Å². The van der Waals surface area contributed by atoms with Crippen molar-refractivity contribution in [3.8, 4) is 0 Å². The molecule has 0 unspecified atom stereocenters. The lowest BCUT2D eigenvalue weighted by molar-refractivity contribution is 0.0934. The standard InChI is InChI=1S/C12H18N2O/c1-9(2)12(15)11-7-14(8-13-11)10-5-3-4-6-10/h7-10H,3-6H2,1-2H3. The number of ketones is 1. The summed E-state index contributed by atoms with van der Waals surface area (Å²) in [6.07, 6.45) is 8.79. The number of carbonyl (C=O) groups is 1. The normalized spacial score (nSPS) is 17.5. The number of rotatable bonds is 3. The second-order valence-corrected chi connectivity index (χ2v) is 4.66. The van der Waals surface area contributed by atoms with Gasteiger partial charge in [-0.15, -0.1) is 0 Å². The Morgan fingerprint density at radius 2 is 2.13 bits per heavy atom. The summed E-state index contributed by atoms with van der Waals surface area (Å²) < 4.78 is 2.11. The quantitative estimate of drug-likeness (QED) is 0.713. The van der Waals surface area contributed by atoms with Gasteiger partial charge in [0, 0.05) is 18.2 Å². The number of aromatic nitrogens is 2. The van der Waals surface area contributed by atoms with Crippen LogP contribution < -0.4 is 0 Å². The molecule has 3 nitrogen and oxygen atoms in total. The first kappa shape index (κ1) is 10.4.